The summed E-state index contributed by atoms with van der Waals surface area (Å²) in [5.41, 5.74) is 1.20. The second-order valence-electron chi connectivity index (χ2n) is 4.90. The summed E-state index contributed by atoms with van der Waals surface area (Å²) in [5, 5.41) is 3.57. The van der Waals surface area contributed by atoms with Crippen molar-refractivity contribution >= 4 is 5.69 Å². The molecule has 4 heteroatoms. The molecule has 2 aromatic rings. The van der Waals surface area contributed by atoms with E-state index in [1.165, 1.54) is 12.1 Å². The van der Waals surface area contributed by atoms with E-state index in [4.69, 9.17) is 0 Å². The average molecular weight is 254 g/mol. The highest BCUT2D eigenvalue weighted by atomic mass is 15.2. The molecule has 1 atom stereocenters. The third kappa shape index (κ3) is 3.29. The van der Waals surface area contributed by atoms with Gasteiger partial charge in [-0.3, -0.25) is 4.90 Å². The number of likely N-dealkylation sites (tertiary alicyclic amines) is 1. The molecule has 1 aromatic heterocycles. The summed E-state index contributed by atoms with van der Waals surface area (Å²) in [6, 6.07) is 12.8. The van der Waals surface area contributed by atoms with Gasteiger partial charge in [0.25, 0.3) is 0 Å². The van der Waals surface area contributed by atoms with Gasteiger partial charge in [-0.1, -0.05) is 18.2 Å². The van der Waals surface area contributed by atoms with E-state index in [0.29, 0.717) is 6.04 Å². The standard InChI is InChI=1S/C15H18N4/c1-2-5-13(6-3-1)18-14-7-10-19(11-14)12-15-16-8-4-9-17-15/h1-6,8-9,14,18H,7,10-12H2. The Balaban J connectivity index is 1.53. The second-order valence-corrected chi connectivity index (χ2v) is 4.90. The fourth-order valence-corrected chi connectivity index (χ4v) is 2.48. The molecule has 1 saturated heterocycles. The number of aromatic nitrogens is 2. The molecule has 4 nitrogen and oxygen atoms in total. The minimum Gasteiger partial charge on any atom is -0.381 e. The lowest BCUT2D eigenvalue weighted by atomic mass is 10.2. The maximum absolute atomic E-state index is 4.28. The van der Waals surface area contributed by atoms with Gasteiger partial charge in [0.2, 0.25) is 0 Å². The quantitative estimate of drug-likeness (QED) is 0.908. The van der Waals surface area contributed by atoms with Crippen molar-refractivity contribution in [2.75, 3.05) is 18.4 Å². The van der Waals surface area contributed by atoms with Crippen molar-refractivity contribution < 1.29 is 0 Å². The van der Waals surface area contributed by atoms with Gasteiger partial charge in [0.05, 0.1) is 6.54 Å². The lowest BCUT2D eigenvalue weighted by Gasteiger charge is -2.16. The highest BCUT2D eigenvalue weighted by Crippen LogP contribution is 2.16. The molecule has 1 aliphatic rings. The molecular formula is C15H18N4. The van der Waals surface area contributed by atoms with Crippen LogP contribution < -0.4 is 5.32 Å². The second kappa shape index (κ2) is 5.80. The summed E-state index contributed by atoms with van der Waals surface area (Å²) in [5.74, 6) is 0.905. The van der Waals surface area contributed by atoms with Crippen LogP contribution >= 0.6 is 0 Å². The van der Waals surface area contributed by atoms with Crippen LogP contribution in [0.4, 0.5) is 5.69 Å². The van der Waals surface area contributed by atoms with Crippen molar-refractivity contribution in [3.05, 3.63) is 54.6 Å². The van der Waals surface area contributed by atoms with Crippen molar-refractivity contribution in [1.29, 1.82) is 0 Å². The van der Waals surface area contributed by atoms with Crippen LogP contribution in [-0.4, -0.2) is 34.0 Å². The Morgan fingerprint density at radius 1 is 1.11 bits per heavy atom. The summed E-state index contributed by atoms with van der Waals surface area (Å²) >= 11 is 0. The Labute approximate surface area is 113 Å². The molecule has 2 heterocycles. The van der Waals surface area contributed by atoms with Crippen LogP contribution in [0.2, 0.25) is 0 Å². The van der Waals surface area contributed by atoms with Gasteiger partial charge in [-0.05, 0) is 24.6 Å². The molecule has 0 saturated carbocycles. The summed E-state index contributed by atoms with van der Waals surface area (Å²) in [6.45, 7) is 2.99. The third-order valence-electron chi connectivity index (χ3n) is 3.40. The van der Waals surface area contributed by atoms with E-state index in [-0.39, 0.29) is 0 Å². The third-order valence-corrected chi connectivity index (χ3v) is 3.40. The van der Waals surface area contributed by atoms with Gasteiger partial charge >= 0.3 is 0 Å². The molecule has 98 valence electrons. The van der Waals surface area contributed by atoms with E-state index in [9.17, 15) is 0 Å². The van der Waals surface area contributed by atoms with Gasteiger partial charge in [-0.2, -0.15) is 0 Å². The maximum atomic E-state index is 4.28. The molecule has 19 heavy (non-hydrogen) atoms. The van der Waals surface area contributed by atoms with Gasteiger partial charge in [0.15, 0.2) is 0 Å². The van der Waals surface area contributed by atoms with E-state index in [1.807, 2.05) is 12.1 Å². The molecular weight excluding hydrogens is 236 g/mol. The zero-order valence-electron chi connectivity index (χ0n) is 10.9. The zero-order chi connectivity index (χ0) is 12.9. The van der Waals surface area contributed by atoms with E-state index in [0.717, 1.165) is 25.5 Å². The first-order valence-corrected chi connectivity index (χ1v) is 6.70. The topological polar surface area (TPSA) is 41.0 Å². The monoisotopic (exact) mass is 254 g/mol. The lowest BCUT2D eigenvalue weighted by Crippen LogP contribution is -2.26. The van der Waals surface area contributed by atoms with E-state index >= 15 is 0 Å². The van der Waals surface area contributed by atoms with Crippen LogP contribution in [-0.2, 0) is 6.54 Å². The summed E-state index contributed by atoms with van der Waals surface area (Å²) in [7, 11) is 0. The number of benzene rings is 1. The molecule has 0 amide bonds. The van der Waals surface area contributed by atoms with Crippen molar-refractivity contribution in [3.63, 3.8) is 0 Å². The predicted octanol–water partition coefficient (Wildman–Crippen LogP) is 2.16. The average Bonchev–Trinajstić information content (AvgIpc) is 2.88. The van der Waals surface area contributed by atoms with Crippen molar-refractivity contribution in [2.45, 2.75) is 19.0 Å². The molecule has 1 fully saturated rings. The largest absolute Gasteiger partial charge is 0.381 e. The number of anilines is 1. The van der Waals surface area contributed by atoms with Gasteiger partial charge in [-0.25, -0.2) is 9.97 Å². The Bertz CT molecular complexity index is 453. The molecule has 1 unspecified atom stereocenters. The Kier molecular flexibility index (Phi) is 3.70. The number of para-hydroxylation sites is 1. The van der Waals surface area contributed by atoms with E-state index in [2.05, 4.69) is 44.5 Å². The van der Waals surface area contributed by atoms with E-state index < -0.39 is 0 Å². The Hall–Kier alpha value is -1.94. The minimum atomic E-state index is 0.520. The lowest BCUT2D eigenvalue weighted by molar-refractivity contribution is 0.320. The molecule has 0 aliphatic carbocycles. The SMILES string of the molecule is c1ccc(NC2CCN(Cc3ncccn3)C2)cc1. The van der Waals surface area contributed by atoms with Gasteiger partial charge in [0.1, 0.15) is 5.82 Å². The van der Waals surface area contributed by atoms with Crippen LogP contribution in [0.3, 0.4) is 0 Å². The molecule has 0 radical (unpaired) electrons. The van der Waals surface area contributed by atoms with Gasteiger partial charge < -0.3 is 5.32 Å². The van der Waals surface area contributed by atoms with Crippen LogP contribution in [0.1, 0.15) is 12.2 Å². The summed E-state index contributed by atoms with van der Waals surface area (Å²) in [4.78, 5) is 11.0. The van der Waals surface area contributed by atoms with E-state index in [1.54, 1.807) is 12.4 Å². The van der Waals surface area contributed by atoms with Crippen LogP contribution in [0.15, 0.2) is 48.8 Å². The van der Waals surface area contributed by atoms with Crippen LogP contribution in [0, 0.1) is 0 Å². The Morgan fingerprint density at radius 2 is 1.89 bits per heavy atom. The fourth-order valence-electron chi connectivity index (χ4n) is 2.48. The van der Waals surface area contributed by atoms with Crippen LogP contribution in [0.25, 0.3) is 0 Å². The normalized spacial score (nSPS) is 19.5. The number of nitrogens with one attached hydrogen (secondary N) is 1. The van der Waals surface area contributed by atoms with Gasteiger partial charge in [0, 0.05) is 37.2 Å². The first-order valence-electron chi connectivity index (χ1n) is 6.70. The number of rotatable bonds is 4. The molecule has 0 spiro atoms. The maximum Gasteiger partial charge on any atom is 0.142 e. The predicted molar refractivity (Wildman–Crippen MR) is 75.8 cm³/mol. The molecule has 3 rings (SSSR count). The van der Waals surface area contributed by atoms with Gasteiger partial charge in [-0.15, -0.1) is 0 Å². The fraction of sp³-hybridized carbons (Fsp3) is 0.333. The molecule has 1 aliphatic heterocycles. The number of nitrogens with zero attached hydrogens (tertiary/aromatic N) is 3. The summed E-state index contributed by atoms with van der Waals surface area (Å²) < 4.78 is 0. The van der Waals surface area contributed by atoms with Crippen molar-refractivity contribution in [1.82, 2.24) is 14.9 Å². The molecule has 1 N–H and O–H groups in total. The number of hydrogen-bond acceptors (Lipinski definition) is 4. The van der Waals surface area contributed by atoms with Crippen molar-refractivity contribution in [2.24, 2.45) is 0 Å². The first kappa shape index (κ1) is 12.1. The van der Waals surface area contributed by atoms with Crippen molar-refractivity contribution in [3.8, 4) is 0 Å². The first-order chi connectivity index (χ1) is 9.40. The zero-order valence-corrected chi connectivity index (χ0v) is 10.9. The minimum absolute atomic E-state index is 0.520. The molecule has 1 aromatic carbocycles. The highest BCUT2D eigenvalue weighted by Gasteiger charge is 2.22. The highest BCUT2D eigenvalue weighted by molar-refractivity contribution is 5.43. The van der Waals surface area contributed by atoms with Crippen LogP contribution in [0.5, 0.6) is 0 Å². The Morgan fingerprint density at radius 3 is 2.68 bits per heavy atom. The number of hydrogen-bond donors (Lipinski definition) is 1. The smallest absolute Gasteiger partial charge is 0.142 e. The molecule has 0 bridgehead atoms. The summed E-state index contributed by atoms with van der Waals surface area (Å²) in [6.07, 6.45) is 4.78.